The van der Waals surface area contributed by atoms with Crippen LogP contribution in [0.15, 0.2) is 42.5 Å². The summed E-state index contributed by atoms with van der Waals surface area (Å²) in [5, 5.41) is 3.61. The molecule has 0 aromatic heterocycles. The molecule has 150 valence electrons. The lowest BCUT2D eigenvalue weighted by atomic mass is 10.0. The van der Waals surface area contributed by atoms with Crippen molar-refractivity contribution in [2.75, 3.05) is 7.05 Å². The molecule has 0 bridgehead atoms. The second-order valence-corrected chi connectivity index (χ2v) is 7.56. The number of carbonyl (C=O) groups is 2. The van der Waals surface area contributed by atoms with E-state index >= 15 is 0 Å². The molecule has 1 N–H and O–H groups in total. The molecule has 4 nitrogen and oxygen atoms in total. The number of halogens is 2. The van der Waals surface area contributed by atoms with E-state index in [9.17, 15) is 9.59 Å². The van der Waals surface area contributed by atoms with Gasteiger partial charge in [-0.25, -0.2) is 0 Å². The lowest BCUT2D eigenvalue weighted by molar-refractivity contribution is -0.140. The van der Waals surface area contributed by atoms with Crippen LogP contribution in [0.5, 0.6) is 0 Å². The van der Waals surface area contributed by atoms with E-state index in [4.69, 9.17) is 23.2 Å². The number of aryl methyl sites for hydroxylation is 2. The van der Waals surface area contributed by atoms with Gasteiger partial charge >= 0.3 is 0 Å². The summed E-state index contributed by atoms with van der Waals surface area (Å²) in [6, 6.07) is 12.8. The molecule has 0 aliphatic carbocycles. The Morgan fingerprint density at radius 2 is 1.71 bits per heavy atom. The molecule has 0 fully saturated rings. The standard InChI is InChI=1S/C22H26Cl2N2O2/c1-4-16-5-7-17(8-6-16)9-12-21(27)26(15(2)22(28)25-3)14-18-10-11-19(23)13-20(18)24/h5-8,10-11,13,15H,4,9,12,14H2,1-3H3,(H,25,28). The molecule has 28 heavy (non-hydrogen) atoms. The number of amides is 2. The molecule has 6 heteroatoms. The summed E-state index contributed by atoms with van der Waals surface area (Å²) in [6.45, 7) is 4.08. The van der Waals surface area contributed by atoms with E-state index < -0.39 is 6.04 Å². The van der Waals surface area contributed by atoms with Gasteiger partial charge in [-0.05, 0) is 48.6 Å². The van der Waals surface area contributed by atoms with E-state index in [1.165, 1.54) is 5.56 Å². The normalized spacial score (nSPS) is 11.8. The molecule has 2 rings (SSSR count). The summed E-state index contributed by atoms with van der Waals surface area (Å²) < 4.78 is 0. The van der Waals surface area contributed by atoms with Crippen molar-refractivity contribution in [1.29, 1.82) is 0 Å². The van der Waals surface area contributed by atoms with Crippen LogP contribution in [0.25, 0.3) is 0 Å². The van der Waals surface area contributed by atoms with Gasteiger partial charge in [-0.15, -0.1) is 0 Å². The lowest BCUT2D eigenvalue weighted by Gasteiger charge is -2.29. The fourth-order valence-corrected chi connectivity index (χ4v) is 3.43. The Bertz CT molecular complexity index is 822. The predicted molar refractivity (Wildman–Crippen MR) is 115 cm³/mol. The van der Waals surface area contributed by atoms with Gasteiger partial charge in [0.05, 0.1) is 0 Å². The zero-order chi connectivity index (χ0) is 20.7. The fourth-order valence-electron chi connectivity index (χ4n) is 2.96. The predicted octanol–water partition coefficient (Wildman–Crippen LogP) is 4.65. The molecule has 0 radical (unpaired) electrons. The van der Waals surface area contributed by atoms with Crippen molar-refractivity contribution in [2.45, 2.75) is 45.7 Å². The highest BCUT2D eigenvalue weighted by Gasteiger charge is 2.25. The van der Waals surface area contributed by atoms with Gasteiger partial charge in [0, 0.05) is 30.1 Å². The number of nitrogens with one attached hydrogen (secondary N) is 1. The third-order valence-electron chi connectivity index (χ3n) is 4.83. The van der Waals surface area contributed by atoms with Gasteiger partial charge in [0.25, 0.3) is 0 Å². The molecule has 1 atom stereocenters. The monoisotopic (exact) mass is 420 g/mol. The summed E-state index contributed by atoms with van der Waals surface area (Å²) in [4.78, 5) is 26.7. The third-order valence-corrected chi connectivity index (χ3v) is 5.42. The Morgan fingerprint density at radius 3 is 2.29 bits per heavy atom. The Kier molecular flexibility index (Phi) is 8.34. The summed E-state index contributed by atoms with van der Waals surface area (Å²) in [5.41, 5.74) is 3.12. The van der Waals surface area contributed by atoms with Gasteiger partial charge in [0.2, 0.25) is 11.8 Å². The number of rotatable bonds is 8. The molecular weight excluding hydrogens is 395 g/mol. The van der Waals surface area contributed by atoms with Crippen molar-refractivity contribution in [1.82, 2.24) is 10.2 Å². The minimum atomic E-state index is -0.605. The van der Waals surface area contributed by atoms with Crippen LogP contribution in [-0.4, -0.2) is 29.8 Å². The van der Waals surface area contributed by atoms with Gasteiger partial charge in [-0.3, -0.25) is 9.59 Å². The van der Waals surface area contributed by atoms with Crippen LogP contribution in [0.4, 0.5) is 0 Å². The summed E-state index contributed by atoms with van der Waals surface area (Å²) in [7, 11) is 1.56. The molecule has 2 aromatic rings. The molecule has 0 heterocycles. The van der Waals surface area contributed by atoms with Crippen molar-refractivity contribution in [3.05, 3.63) is 69.2 Å². The largest absolute Gasteiger partial charge is 0.357 e. The van der Waals surface area contributed by atoms with Crippen molar-refractivity contribution in [3.8, 4) is 0 Å². The highest BCUT2D eigenvalue weighted by Crippen LogP contribution is 2.23. The maximum absolute atomic E-state index is 13.0. The average Bonchev–Trinajstić information content (AvgIpc) is 2.70. The number of carbonyl (C=O) groups excluding carboxylic acids is 2. The molecule has 0 aliphatic rings. The maximum atomic E-state index is 13.0. The van der Waals surface area contributed by atoms with Crippen molar-refractivity contribution in [3.63, 3.8) is 0 Å². The first-order chi connectivity index (χ1) is 13.3. The molecule has 0 saturated carbocycles. The summed E-state index contributed by atoms with van der Waals surface area (Å²) in [6.07, 6.45) is 1.92. The Hall–Kier alpha value is -2.04. The van der Waals surface area contributed by atoms with Crippen molar-refractivity contribution < 1.29 is 9.59 Å². The molecule has 2 amide bonds. The third kappa shape index (κ3) is 5.98. The zero-order valence-electron chi connectivity index (χ0n) is 16.5. The second-order valence-electron chi connectivity index (χ2n) is 6.72. The van der Waals surface area contributed by atoms with Crippen LogP contribution in [0.1, 0.15) is 37.0 Å². The Morgan fingerprint density at radius 1 is 1.07 bits per heavy atom. The smallest absolute Gasteiger partial charge is 0.242 e. The van der Waals surface area contributed by atoms with Crippen LogP contribution in [0.3, 0.4) is 0 Å². The first-order valence-corrected chi connectivity index (χ1v) is 10.1. The molecule has 1 unspecified atom stereocenters. The second kappa shape index (κ2) is 10.5. The quantitative estimate of drug-likeness (QED) is 0.675. The Balaban J connectivity index is 2.14. The van der Waals surface area contributed by atoms with E-state index in [1.54, 1.807) is 37.1 Å². The number of hydrogen-bond acceptors (Lipinski definition) is 2. The van der Waals surface area contributed by atoms with Gasteiger partial charge < -0.3 is 10.2 Å². The summed E-state index contributed by atoms with van der Waals surface area (Å²) >= 11 is 12.2. The van der Waals surface area contributed by atoms with Gasteiger partial charge in [-0.2, -0.15) is 0 Å². The van der Waals surface area contributed by atoms with Gasteiger partial charge in [0.1, 0.15) is 6.04 Å². The van der Waals surface area contributed by atoms with Crippen LogP contribution in [0.2, 0.25) is 10.0 Å². The minimum absolute atomic E-state index is 0.0957. The number of benzene rings is 2. The SMILES string of the molecule is CCc1ccc(CCC(=O)N(Cc2ccc(Cl)cc2Cl)C(C)C(=O)NC)cc1. The highest BCUT2D eigenvalue weighted by molar-refractivity contribution is 6.35. The minimum Gasteiger partial charge on any atom is -0.357 e. The first-order valence-electron chi connectivity index (χ1n) is 9.38. The molecule has 0 aliphatic heterocycles. The van der Waals surface area contributed by atoms with Crippen molar-refractivity contribution in [2.24, 2.45) is 0 Å². The molecule has 0 spiro atoms. The van der Waals surface area contributed by atoms with E-state index in [0.717, 1.165) is 17.5 Å². The van der Waals surface area contributed by atoms with Crippen LogP contribution < -0.4 is 5.32 Å². The van der Waals surface area contributed by atoms with Gasteiger partial charge in [0.15, 0.2) is 0 Å². The molecular formula is C22H26Cl2N2O2. The summed E-state index contributed by atoms with van der Waals surface area (Å²) in [5.74, 6) is -0.313. The van der Waals surface area contributed by atoms with Gasteiger partial charge in [-0.1, -0.05) is 60.5 Å². The van der Waals surface area contributed by atoms with E-state index in [2.05, 4.69) is 36.5 Å². The van der Waals surface area contributed by atoms with Crippen LogP contribution in [-0.2, 0) is 29.0 Å². The van der Waals surface area contributed by atoms with Crippen LogP contribution >= 0.6 is 23.2 Å². The zero-order valence-corrected chi connectivity index (χ0v) is 18.0. The van der Waals surface area contributed by atoms with E-state index in [1.807, 2.05) is 0 Å². The van der Waals surface area contributed by atoms with E-state index in [-0.39, 0.29) is 18.4 Å². The lowest BCUT2D eigenvalue weighted by Crippen LogP contribution is -2.46. The number of likely N-dealkylation sites (N-methyl/N-ethyl adjacent to an activating group) is 1. The van der Waals surface area contributed by atoms with E-state index in [0.29, 0.717) is 22.9 Å². The topological polar surface area (TPSA) is 49.4 Å². The fraction of sp³-hybridized carbons (Fsp3) is 0.364. The molecule has 0 saturated heterocycles. The maximum Gasteiger partial charge on any atom is 0.242 e. The molecule has 2 aromatic carbocycles. The van der Waals surface area contributed by atoms with Crippen molar-refractivity contribution >= 4 is 35.0 Å². The number of hydrogen-bond donors (Lipinski definition) is 1. The van der Waals surface area contributed by atoms with Crippen LogP contribution in [0, 0.1) is 0 Å². The average molecular weight is 421 g/mol. The highest BCUT2D eigenvalue weighted by atomic mass is 35.5. The number of nitrogens with zero attached hydrogens (tertiary/aromatic N) is 1. The Labute approximate surface area is 176 Å². The first kappa shape index (κ1) is 22.3.